The van der Waals surface area contributed by atoms with E-state index in [2.05, 4.69) is 10.4 Å². The van der Waals surface area contributed by atoms with Crippen LogP contribution in [-0.2, 0) is 16.1 Å². The number of aliphatic carboxylic acids is 1. The summed E-state index contributed by atoms with van der Waals surface area (Å²) in [6.45, 7) is 1.000. The van der Waals surface area contributed by atoms with Crippen LogP contribution in [0.4, 0.5) is 0 Å². The van der Waals surface area contributed by atoms with E-state index < -0.39 is 23.5 Å². The van der Waals surface area contributed by atoms with Crippen molar-refractivity contribution in [2.45, 2.75) is 19.5 Å². The first kappa shape index (κ1) is 17.3. The molecule has 0 unspecified atom stereocenters. The van der Waals surface area contributed by atoms with E-state index in [9.17, 15) is 14.4 Å². The third kappa shape index (κ3) is 3.77. The third-order valence-corrected chi connectivity index (χ3v) is 3.95. The molecular formula is C19H17N3O4. The topological polar surface area (TPSA) is 101 Å². The molecule has 1 aromatic heterocycles. The summed E-state index contributed by atoms with van der Waals surface area (Å²) in [5.74, 6) is -1.74. The first-order valence-corrected chi connectivity index (χ1v) is 8.03. The lowest BCUT2D eigenvalue weighted by Gasteiger charge is -2.11. The lowest BCUT2D eigenvalue weighted by molar-refractivity contribution is -0.141. The first-order chi connectivity index (χ1) is 12.4. The molecule has 0 aliphatic carbocycles. The van der Waals surface area contributed by atoms with Gasteiger partial charge in [0.2, 0.25) is 5.91 Å². The number of nitrogens with zero attached hydrogens (tertiary/aromatic N) is 2. The molecular weight excluding hydrogens is 334 g/mol. The zero-order valence-corrected chi connectivity index (χ0v) is 14.0. The fraction of sp³-hybridized carbons (Fsp3) is 0.158. The Morgan fingerprint density at radius 2 is 1.85 bits per heavy atom. The average Bonchev–Trinajstić information content (AvgIpc) is 2.63. The minimum absolute atomic E-state index is 0.349. The van der Waals surface area contributed by atoms with Crippen molar-refractivity contribution in [1.29, 1.82) is 0 Å². The second kappa shape index (κ2) is 7.18. The fourth-order valence-corrected chi connectivity index (χ4v) is 2.55. The molecule has 7 heteroatoms. The number of hydrogen-bond acceptors (Lipinski definition) is 4. The van der Waals surface area contributed by atoms with Crippen LogP contribution in [0.2, 0.25) is 0 Å². The number of amides is 1. The molecule has 0 aliphatic rings. The summed E-state index contributed by atoms with van der Waals surface area (Å²) in [5.41, 5.74) is 0.930. The number of nitrogens with one attached hydrogen (secondary N) is 1. The molecule has 7 nitrogen and oxygen atoms in total. The van der Waals surface area contributed by atoms with Gasteiger partial charge in [0.15, 0.2) is 0 Å². The molecule has 3 aromatic rings. The number of carbonyl (C=O) groups excluding carboxylic acids is 1. The van der Waals surface area contributed by atoms with Gasteiger partial charge in [-0.2, -0.15) is 5.10 Å². The van der Waals surface area contributed by atoms with Gasteiger partial charge in [-0.25, -0.2) is 4.68 Å². The summed E-state index contributed by atoms with van der Waals surface area (Å²) in [6.07, 6.45) is 0. The Kier molecular flexibility index (Phi) is 4.79. The molecule has 2 aromatic carbocycles. The van der Waals surface area contributed by atoms with Crippen molar-refractivity contribution in [2.75, 3.05) is 0 Å². The standard InChI is InChI=1S/C19H17N3O4/c1-12(19(25)26)20-17(23)11-22-18(24)9-8-16(21-22)15-7-6-13-4-2-3-5-14(13)10-15/h2-10,12H,11H2,1H3,(H,20,23)(H,25,26)/t12-/m1/s1. The van der Waals surface area contributed by atoms with Gasteiger partial charge in [0.25, 0.3) is 5.56 Å². The van der Waals surface area contributed by atoms with Crippen molar-refractivity contribution < 1.29 is 14.7 Å². The van der Waals surface area contributed by atoms with Gasteiger partial charge in [-0.05, 0) is 29.8 Å². The number of fused-ring (bicyclic) bond motifs is 1. The molecule has 0 fully saturated rings. The third-order valence-electron chi connectivity index (χ3n) is 3.95. The van der Waals surface area contributed by atoms with Crippen molar-refractivity contribution in [3.8, 4) is 11.3 Å². The molecule has 1 amide bonds. The van der Waals surface area contributed by atoms with Gasteiger partial charge in [0.1, 0.15) is 12.6 Å². The lowest BCUT2D eigenvalue weighted by atomic mass is 10.1. The van der Waals surface area contributed by atoms with Gasteiger partial charge in [0.05, 0.1) is 5.69 Å². The van der Waals surface area contributed by atoms with E-state index in [1.807, 2.05) is 42.5 Å². The van der Waals surface area contributed by atoms with E-state index in [-0.39, 0.29) is 6.54 Å². The van der Waals surface area contributed by atoms with E-state index in [1.165, 1.54) is 13.0 Å². The summed E-state index contributed by atoms with van der Waals surface area (Å²) in [5, 5.41) is 17.5. The zero-order chi connectivity index (χ0) is 18.7. The quantitative estimate of drug-likeness (QED) is 0.728. The largest absolute Gasteiger partial charge is 0.480 e. The van der Waals surface area contributed by atoms with Gasteiger partial charge >= 0.3 is 5.97 Å². The minimum atomic E-state index is -1.15. The Morgan fingerprint density at radius 1 is 1.12 bits per heavy atom. The Balaban J connectivity index is 1.88. The summed E-state index contributed by atoms with van der Waals surface area (Å²) in [6, 6.07) is 15.6. The van der Waals surface area contributed by atoms with Crippen molar-refractivity contribution in [1.82, 2.24) is 15.1 Å². The van der Waals surface area contributed by atoms with Gasteiger partial charge in [-0.15, -0.1) is 0 Å². The van der Waals surface area contributed by atoms with Gasteiger partial charge in [-0.3, -0.25) is 14.4 Å². The molecule has 132 valence electrons. The lowest BCUT2D eigenvalue weighted by Crippen LogP contribution is -2.41. The molecule has 0 saturated heterocycles. The first-order valence-electron chi connectivity index (χ1n) is 8.03. The molecule has 26 heavy (non-hydrogen) atoms. The molecule has 0 spiro atoms. The van der Waals surface area contributed by atoms with E-state index in [0.717, 1.165) is 21.0 Å². The number of rotatable bonds is 5. The number of carboxylic acids is 1. The second-order valence-electron chi connectivity index (χ2n) is 5.90. The highest BCUT2D eigenvalue weighted by Crippen LogP contribution is 2.22. The monoisotopic (exact) mass is 351 g/mol. The maximum Gasteiger partial charge on any atom is 0.325 e. The highest BCUT2D eigenvalue weighted by Gasteiger charge is 2.15. The number of aromatic nitrogens is 2. The second-order valence-corrected chi connectivity index (χ2v) is 5.90. The summed E-state index contributed by atoms with van der Waals surface area (Å²) >= 11 is 0. The normalized spacial score (nSPS) is 11.9. The van der Waals surface area contributed by atoms with Crippen LogP contribution in [0, 0.1) is 0 Å². The molecule has 0 bridgehead atoms. The predicted molar refractivity (Wildman–Crippen MR) is 96.7 cm³/mol. The number of hydrogen-bond donors (Lipinski definition) is 2. The van der Waals surface area contributed by atoms with Crippen LogP contribution in [0.1, 0.15) is 6.92 Å². The fourth-order valence-electron chi connectivity index (χ4n) is 2.55. The summed E-state index contributed by atoms with van der Waals surface area (Å²) in [7, 11) is 0. The van der Waals surface area contributed by atoms with E-state index >= 15 is 0 Å². The Morgan fingerprint density at radius 3 is 2.58 bits per heavy atom. The SMILES string of the molecule is C[C@@H](NC(=O)Cn1nc(-c2ccc3ccccc3c2)ccc1=O)C(=O)O. The molecule has 3 rings (SSSR count). The predicted octanol–water partition coefficient (Wildman–Crippen LogP) is 1.65. The highest BCUT2D eigenvalue weighted by atomic mass is 16.4. The van der Waals surface area contributed by atoms with Gasteiger partial charge in [-0.1, -0.05) is 36.4 Å². The molecule has 1 atom stereocenters. The minimum Gasteiger partial charge on any atom is -0.480 e. The van der Waals surface area contributed by atoms with Crippen LogP contribution in [0.15, 0.2) is 59.4 Å². The zero-order valence-electron chi connectivity index (χ0n) is 14.0. The number of benzene rings is 2. The summed E-state index contributed by atoms with van der Waals surface area (Å²) < 4.78 is 1.02. The van der Waals surface area contributed by atoms with E-state index in [4.69, 9.17) is 5.11 Å². The molecule has 0 radical (unpaired) electrons. The van der Waals surface area contributed by atoms with E-state index in [1.54, 1.807) is 6.07 Å². The van der Waals surface area contributed by atoms with Crippen LogP contribution < -0.4 is 10.9 Å². The van der Waals surface area contributed by atoms with Crippen LogP contribution in [0.3, 0.4) is 0 Å². The number of carbonyl (C=O) groups is 2. The highest BCUT2D eigenvalue weighted by molar-refractivity contribution is 5.86. The van der Waals surface area contributed by atoms with Crippen molar-refractivity contribution in [3.05, 3.63) is 65.0 Å². The van der Waals surface area contributed by atoms with Crippen LogP contribution >= 0.6 is 0 Å². The van der Waals surface area contributed by atoms with Crippen molar-refractivity contribution >= 4 is 22.6 Å². The smallest absolute Gasteiger partial charge is 0.325 e. The van der Waals surface area contributed by atoms with Gasteiger partial charge < -0.3 is 10.4 Å². The molecule has 0 aliphatic heterocycles. The van der Waals surface area contributed by atoms with Gasteiger partial charge in [0, 0.05) is 11.6 Å². The molecule has 1 heterocycles. The Bertz CT molecular complexity index is 1040. The van der Waals surface area contributed by atoms with Crippen molar-refractivity contribution in [3.63, 3.8) is 0 Å². The van der Waals surface area contributed by atoms with E-state index in [0.29, 0.717) is 5.69 Å². The molecule has 2 N–H and O–H groups in total. The number of carboxylic acid groups (broad SMARTS) is 1. The molecule has 0 saturated carbocycles. The maximum atomic E-state index is 12.0. The summed E-state index contributed by atoms with van der Waals surface area (Å²) in [4.78, 5) is 34.7. The maximum absolute atomic E-state index is 12.0. The Labute approximate surface area is 148 Å². The van der Waals surface area contributed by atoms with Crippen LogP contribution in [0.25, 0.3) is 22.0 Å². The Hall–Kier alpha value is -3.48. The van der Waals surface area contributed by atoms with Crippen LogP contribution in [-0.4, -0.2) is 32.8 Å². The average molecular weight is 351 g/mol. The van der Waals surface area contributed by atoms with Crippen LogP contribution in [0.5, 0.6) is 0 Å². The van der Waals surface area contributed by atoms with Crippen molar-refractivity contribution in [2.24, 2.45) is 0 Å².